The number of alkyl halides is 3. The lowest BCUT2D eigenvalue weighted by Crippen LogP contribution is -2.47. The fraction of sp³-hybridized carbons (Fsp3) is 0.577. The van der Waals surface area contributed by atoms with Crippen LogP contribution in [0.2, 0.25) is 0 Å². The summed E-state index contributed by atoms with van der Waals surface area (Å²) >= 11 is 0. The normalized spacial score (nSPS) is 19.4. The molecule has 2 aliphatic rings. The third kappa shape index (κ3) is 6.52. The Morgan fingerprint density at radius 3 is 2.58 bits per heavy atom. The lowest BCUT2D eigenvalue weighted by Gasteiger charge is -2.35. The van der Waals surface area contributed by atoms with Gasteiger partial charge >= 0.3 is 15.5 Å². The summed E-state index contributed by atoms with van der Waals surface area (Å²) in [4.78, 5) is 6.39. The standard InChI is InChI=1S/C26H35F3N4O4S/c1-36-13-14-37-25-8-4-7-24-23(25)18-32(38(34,35)26(27,28)29)17-22(10-9-19-5-2-3-6-19)33(24)16-21-15-20(30)11-12-31-21/h4,7-8,11-12,15,19,22H,2-3,5-6,9-10,13-14,16-18H2,1H3,(H2,30,31)/t22-/m1/s1. The fourth-order valence-electron chi connectivity index (χ4n) is 5.40. The smallest absolute Gasteiger partial charge is 0.491 e. The van der Waals surface area contributed by atoms with Crippen molar-refractivity contribution in [2.75, 3.05) is 37.5 Å². The molecule has 2 aromatic rings. The van der Waals surface area contributed by atoms with Gasteiger partial charge in [0.15, 0.2) is 0 Å². The van der Waals surface area contributed by atoms with Gasteiger partial charge in [-0.05, 0) is 43.0 Å². The van der Waals surface area contributed by atoms with Gasteiger partial charge in [-0.1, -0.05) is 31.7 Å². The van der Waals surface area contributed by atoms with Crippen LogP contribution in [0.4, 0.5) is 24.5 Å². The van der Waals surface area contributed by atoms with Crippen LogP contribution in [-0.2, 0) is 27.8 Å². The number of hydrogen-bond acceptors (Lipinski definition) is 7. The number of nitrogens with two attached hydrogens (primary N) is 1. The third-order valence-corrected chi connectivity index (χ3v) is 8.88. The summed E-state index contributed by atoms with van der Waals surface area (Å²) < 4.78 is 78.4. The monoisotopic (exact) mass is 556 g/mol. The van der Waals surface area contributed by atoms with E-state index in [1.807, 2.05) is 4.90 Å². The van der Waals surface area contributed by atoms with Crippen molar-refractivity contribution in [3.63, 3.8) is 0 Å². The quantitative estimate of drug-likeness (QED) is 0.424. The zero-order chi connectivity index (χ0) is 27.3. The molecule has 1 atom stereocenters. The van der Waals surface area contributed by atoms with Gasteiger partial charge in [-0.3, -0.25) is 4.98 Å². The molecule has 4 rings (SSSR count). The second kappa shape index (κ2) is 12.1. The molecule has 210 valence electrons. The highest BCUT2D eigenvalue weighted by Crippen LogP contribution is 2.40. The molecule has 2 N–H and O–H groups in total. The molecule has 38 heavy (non-hydrogen) atoms. The minimum absolute atomic E-state index is 0.168. The van der Waals surface area contributed by atoms with Crippen LogP contribution in [0.1, 0.15) is 49.8 Å². The summed E-state index contributed by atoms with van der Waals surface area (Å²) in [5.41, 5.74) is 2.73. The first-order valence-electron chi connectivity index (χ1n) is 12.9. The highest BCUT2D eigenvalue weighted by molar-refractivity contribution is 7.89. The van der Waals surface area contributed by atoms with E-state index in [1.54, 1.807) is 36.5 Å². The molecule has 8 nitrogen and oxygen atoms in total. The SMILES string of the molecule is COCCOc1cccc2c1CN(S(=O)(=O)C(F)(F)F)C[C@@H](CCC1CCCC1)N2Cc1cc(N)ccn1. The largest absolute Gasteiger partial charge is 0.511 e. The van der Waals surface area contributed by atoms with Gasteiger partial charge in [-0.2, -0.15) is 17.5 Å². The number of sulfonamides is 1. The maximum absolute atomic E-state index is 13.8. The minimum atomic E-state index is -5.59. The van der Waals surface area contributed by atoms with E-state index in [0.29, 0.717) is 45.0 Å². The minimum Gasteiger partial charge on any atom is -0.491 e. The van der Waals surface area contributed by atoms with Crippen LogP contribution in [0.5, 0.6) is 5.75 Å². The van der Waals surface area contributed by atoms with Gasteiger partial charge in [-0.25, -0.2) is 8.42 Å². The van der Waals surface area contributed by atoms with E-state index in [2.05, 4.69) is 4.98 Å². The van der Waals surface area contributed by atoms with Crippen molar-refractivity contribution in [2.45, 2.75) is 63.2 Å². The first kappa shape index (κ1) is 28.4. The van der Waals surface area contributed by atoms with Gasteiger partial charge in [0.2, 0.25) is 0 Å². The van der Waals surface area contributed by atoms with Gasteiger partial charge in [0.05, 0.1) is 18.8 Å². The Kier molecular flexibility index (Phi) is 9.04. The van der Waals surface area contributed by atoms with Crippen LogP contribution in [0.15, 0.2) is 36.5 Å². The van der Waals surface area contributed by atoms with Gasteiger partial charge in [-0.15, -0.1) is 0 Å². The molecule has 0 bridgehead atoms. The zero-order valence-electron chi connectivity index (χ0n) is 21.5. The number of nitrogens with zero attached hydrogens (tertiary/aromatic N) is 3. The third-order valence-electron chi connectivity index (χ3n) is 7.34. The number of benzene rings is 1. The average Bonchev–Trinajstić information content (AvgIpc) is 3.33. The number of nitrogen functional groups attached to an aromatic ring is 1. The van der Waals surface area contributed by atoms with E-state index in [0.717, 1.165) is 32.1 Å². The number of hydrogen-bond donors (Lipinski definition) is 1. The second-order valence-corrected chi connectivity index (χ2v) is 11.9. The molecule has 1 aliphatic carbocycles. The van der Waals surface area contributed by atoms with Crippen LogP contribution in [-0.4, -0.2) is 56.1 Å². The summed E-state index contributed by atoms with van der Waals surface area (Å²) in [5.74, 6) is 0.811. The molecule has 0 amide bonds. The Balaban J connectivity index is 1.79. The fourth-order valence-corrected chi connectivity index (χ4v) is 6.36. The molecule has 0 saturated heterocycles. The molecule has 1 saturated carbocycles. The van der Waals surface area contributed by atoms with Crippen LogP contribution >= 0.6 is 0 Å². The lowest BCUT2D eigenvalue weighted by atomic mass is 9.97. The molecule has 0 radical (unpaired) electrons. The molecular formula is C26H35F3N4O4S. The number of halogens is 3. The Labute approximate surface area is 222 Å². The molecule has 1 aromatic heterocycles. The van der Waals surface area contributed by atoms with Gasteiger partial charge < -0.3 is 20.1 Å². The lowest BCUT2D eigenvalue weighted by molar-refractivity contribution is -0.0492. The van der Waals surface area contributed by atoms with E-state index in [4.69, 9.17) is 15.2 Å². The summed E-state index contributed by atoms with van der Waals surface area (Å²) in [6, 6.07) is 8.09. The number of pyridine rings is 1. The Bertz CT molecular complexity index is 1190. The summed E-state index contributed by atoms with van der Waals surface area (Å²) in [5, 5.41) is 0. The first-order valence-corrected chi connectivity index (χ1v) is 14.3. The Morgan fingerprint density at radius 1 is 1.13 bits per heavy atom. The van der Waals surface area contributed by atoms with Crippen molar-refractivity contribution in [1.29, 1.82) is 0 Å². The molecule has 1 fully saturated rings. The Morgan fingerprint density at radius 2 is 1.89 bits per heavy atom. The predicted octanol–water partition coefficient (Wildman–Crippen LogP) is 4.70. The summed E-state index contributed by atoms with van der Waals surface area (Å²) in [6.45, 7) is -0.0605. The number of ether oxygens (including phenoxy) is 2. The maximum Gasteiger partial charge on any atom is 0.511 e. The molecule has 0 unspecified atom stereocenters. The number of anilines is 2. The maximum atomic E-state index is 13.8. The predicted molar refractivity (Wildman–Crippen MR) is 139 cm³/mol. The van der Waals surface area contributed by atoms with Gasteiger partial charge in [0.25, 0.3) is 0 Å². The molecule has 0 spiro atoms. The van der Waals surface area contributed by atoms with Crippen molar-refractivity contribution in [3.05, 3.63) is 47.8 Å². The highest BCUT2D eigenvalue weighted by atomic mass is 32.2. The number of methoxy groups -OCH3 is 1. The number of rotatable bonds is 10. The molecule has 1 aliphatic heterocycles. The van der Waals surface area contributed by atoms with E-state index >= 15 is 0 Å². The van der Waals surface area contributed by atoms with Crippen LogP contribution < -0.4 is 15.4 Å². The summed E-state index contributed by atoms with van der Waals surface area (Å²) in [7, 11) is -4.07. The first-order chi connectivity index (χ1) is 18.1. The highest BCUT2D eigenvalue weighted by Gasteiger charge is 2.51. The van der Waals surface area contributed by atoms with E-state index < -0.39 is 28.1 Å². The van der Waals surface area contributed by atoms with Gasteiger partial charge in [0, 0.05) is 49.4 Å². The molecule has 1 aromatic carbocycles. The van der Waals surface area contributed by atoms with Crippen LogP contribution in [0.3, 0.4) is 0 Å². The number of aromatic nitrogens is 1. The van der Waals surface area contributed by atoms with Crippen LogP contribution in [0, 0.1) is 5.92 Å². The average molecular weight is 557 g/mol. The van der Waals surface area contributed by atoms with Crippen LogP contribution in [0.25, 0.3) is 0 Å². The van der Waals surface area contributed by atoms with E-state index in [-0.39, 0.29) is 26.3 Å². The van der Waals surface area contributed by atoms with E-state index in [1.165, 1.54) is 7.11 Å². The van der Waals surface area contributed by atoms with Crippen molar-refractivity contribution in [1.82, 2.24) is 9.29 Å². The van der Waals surface area contributed by atoms with Gasteiger partial charge in [0.1, 0.15) is 12.4 Å². The molecule has 12 heteroatoms. The van der Waals surface area contributed by atoms with E-state index in [9.17, 15) is 21.6 Å². The topological polar surface area (TPSA) is 98.0 Å². The Hall–Kier alpha value is -2.57. The van der Waals surface area contributed by atoms with Crippen molar-refractivity contribution in [2.24, 2.45) is 5.92 Å². The van der Waals surface area contributed by atoms with Crippen molar-refractivity contribution >= 4 is 21.4 Å². The number of fused-ring (bicyclic) bond motifs is 1. The van der Waals surface area contributed by atoms with Crippen molar-refractivity contribution in [3.8, 4) is 5.75 Å². The van der Waals surface area contributed by atoms with Crippen molar-refractivity contribution < 1.29 is 31.1 Å². The molecule has 2 heterocycles. The zero-order valence-corrected chi connectivity index (χ0v) is 22.3. The summed E-state index contributed by atoms with van der Waals surface area (Å²) in [6.07, 6.45) is 7.40. The second-order valence-electron chi connectivity index (χ2n) is 9.93. The molecular weight excluding hydrogens is 521 g/mol.